The van der Waals surface area contributed by atoms with Crippen LogP contribution in [0.1, 0.15) is 26.2 Å². The summed E-state index contributed by atoms with van der Waals surface area (Å²) in [6.07, 6.45) is 4.07. The van der Waals surface area contributed by atoms with Crippen molar-refractivity contribution >= 4 is 21.7 Å². The molecule has 1 heterocycles. The van der Waals surface area contributed by atoms with Gasteiger partial charge in [-0.3, -0.25) is 4.79 Å². The quantitative estimate of drug-likeness (QED) is 0.772. The largest absolute Gasteiger partial charge is 0.314 e. The Morgan fingerprint density at radius 3 is 2.80 bits per heavy atom. The Morgan fingerprint density at radius 1 is 1.40 bits per heavy atom. The lowest BCUT2D eigenvalue weighted by Gasteiger charge is -2.04. The molecule has 0 saturated carbocycles. The second-order valence-corrected chi connectivity index (χ2v) is 4.45. The van der Waals surface area contributed by atoms with E-state index in [2.05, 4.69) is 15.9 Å². The van der Waals surface area contributed by atoms with Crippen LogP contribution in [0.25, 0.3) is 0 Å². The summed E-state index contributed by atoms with van der Waals surface area (Å²) in [5, 5.41) is 0. The van der Waals surface area contributed by atoms with Gasteiger partial charge < -0.3 is 9.36 Å². The summed E-state index contributed by atoms with van der Waals surface area (Å²) in [6.45, 7) is 2.26. The molecule has 0 unspecified atom stereocenters. The van der Waals surface area contributed by atoms with Gasteiger partial charge in [-0.1, -0.05) is 0 Å². The van der Waals surface area contributed by atoms with Crippen LogP contribution in [0.4, 0.5) is 0 Å². The molecular formula is C11H14BrNO2. The fourth-order valence-corrected chi connectivity index (χ4v) is 1.71. The lowest BCUT2D eigenvalue weighted by Crippen LogP contribution is -2.18. The molecule has 0 atom stereocenters. The molecule has 0 fully saturated rings. The highest BCUT2D eigenvalue weighted by Crippen LogP contribution is 2.06. The summed E-state index contributed by atoms with van der Waals surface area (Å²) < 4.78 is 2.55. The summed E-state index contributed by atoms with van der Waals surface area (Å²) in [4.78, 5) is 22.1. The van der Waals surface area contributed by atoms with Crippen LogP contribution in [0.15, 0.2) is 27.6 Å². The number of hydrogen-bond acceptors (Lipinski definition) is 2. The molecule has 0 bridgehead atoms. The van der Waals surface area contributed by atoms with Crippen molar-refractivity contribution in [2.75, 3.05) is 0 Å². The molecule has 1 rings (SSSR count). The predicted molar refractivity (Wildman–Crippen MR) is 62.9 cm³/mol. The summed E-state index contributed by atoms with van der Waals surface area (Å²) in [5.74, 6) is 0.205. The van der Waals surface area contributed by atoms with E-state index in [4.69, 9.17) is 0 Å². The van der Waals surface area contributed by atoms with Crippen LogP contribution < -0.4 is 5.56 Å². The van der Waals surface area contributed by atoms with E-state index in [1.165, 1.54) is 6.07 Å². The van der Waals surface area contributed by atoms with E-state index >= 15 is 0 Å². The average Bonchev–Trinajstić information content (AvgIpc) is 2.17. The fourth-order valence-electron chi connectivity index (χ4n) is 1.33. The monoisotopic (exact) mass is 271 g/mol. The van der Waals surface area contributed by atoms with Gasteiger partial charge in [-0.05, 0) is 41.8 Å². The highest BCUT2D eigenvalue weighted by atomic mass is 79.9. The minimum atomic E-state index is 0.000949. The van der Waals surface area contributed by atoms with E-state index in [0.29, 0.717) is 13.0 Å². The molecule has 0 aliphatic heterocycles. The van der Waals surface area contributed by atoms with Crippen LogP contribution in [-0.2, 0) is 11.3 Å². The number of aryl methyl sites for hydroxylation is 1. The maximum Gasteiger partial charge on any atom is 0.250 e. The number of pyridine rings is 1. The van der Waals surface area contributed by atoms with Crippen molar-refractivity contribution in [2.24, 2.45) is 0 Å². The van der Waals surface area contributed by atoms with Gasteiger partial charge in [0, 0.05) is 29.7 Å². The lowest BCUT2D eigenvalue weighted by molar-refractivity contribution is -0.117. The number of rotatable bonds is 5. The Hall–Kier alpha value is -0.900. The maximum absolute atomic E-state index is 11.4. The Kier molecular flexibility index (Phi) is 4.75. The number of hydrogen-bond donors (Lipinski definition) is 0. The predicted octanol–water partition coefficient (Wildman–Crippen LogP) is 2.37. The highest BCUT2D eigenvalue weighted by molar-refractivity contribution is 9.10. The minimum Gasteiger partial charge on any atom is -0.314 e. The van der Waals surface area contributed by atoms with Gasteiger partial charge in [-0.25, -0.2) is 0 Å². The van der Waals surface area contributed by atoms with Gasteiger partial charge in [-0.15, -0.1) is 0 Å². The maximum atomic E-state index is 11.4. The average molecular weight is 272 g/mol. The summed E-state index contributed by atoms with van der Waals surface area (Å²) in [6, 6.07) is 3.27. The van der Waals surface area contributed by atoms with Gasteiger partial charge in [0.2, 0.25) is 0 Å². The molecule has 0 aliphatic carbocycles. The number of ketones is 1. The molecule has 1 aromatic rings. The molecule has 0 saturated heterocycles. The van der Waals surface area contributed by atoms with Gasteiger partial charge in [0.05, 0.1) is 0 Å². The van der Waals surface area contributed by atoms with Crippen molar-refractivity contribution in [3.05, 3.63) is 33.2 Å². The van der Waals surface area contributed by atoms with E-state index in [1.807, 2.05) is 0 Å². The first kappa shape index (κ1) is 12.2. The molecule has 0 N–H and O–H groups in total. The third-order valence-corrected chi connectivity index (χ3v) is 2.59. The zero-order valence-corrected chi connectivity index (χ0v) is 10.3. The van der Waals surface area contributed by atoms with Crippen LogP contribution in [0.2, 0.25) is 0 Å². The molecule has 0 amide bonds. The molecule has 0 radical (unpaired) electrons. The fraction of sp³-hybridized carbons (Fsp3) is 0.455. The first-order valence-corrected chi connectivity index (χ1v) is 5.74. The third kappa shape index (κ3) is 4.42. The van der Waals surface area contributed by atoms with Gasteiger partial charge in [0.25, 0.3) is 5.56 Å². The highest BCUT2D eigenvalue weighted by Gasteiger charge is 1.98. The Balaban J connectivity index is 2.47. The second kappa shape index (κ2) is 5.85. The van der Waals surface area contributed by atoms with Crippen LogP contribution in [0, 0.1) is 0 Å². The minimum absolute atomic E-state index is 0.000949. The SMILES string of the molecule is CC(=O)CCCCn1cc(Br)ccc1=O. The number of Topliss-reactive ketones (excluding diaryl/α,β-unsaturated/α-hetero) is 1. The van der Waals surface area contributed by atoms with E-state index in [-0.39, 0.29) is 11.3 Å². The Labute approximate surface area is 97.2 Å². The summed E-state index contributed by atoms with van der Waals surface area (Å²) in [7, 11) is 0. The lowest BCUT2D eigenvalue weighted by atomic mass is 10.2. The number of carbonyl (C=O) groups excluding carboxylic acids is 1. The van der Waals surface area contributed by atoms with Crippen LogP contribution >= 0.6 is 15.9 Å². The van der Waals surface area contributed by atoms with Crippen LogP contribution in [0.3, 0.4) is 0 Å². The molecule has 4 heteroatoms. The molecule has 0 aromatic carbocycles. The zero-order chi connectivity index (χ0) is 11.3. The van der Waals surface area contributed by atoms with E-state index in [9.17, 15) is 9.59 Å². The number of aromatic nitrogens is 1. The van der Waals surface area contributed by atoms with Crippen molar-refractivity contribution in [1.82, 2.24) is 4.57 Å². The topological polar surface area (TPSA) is 39.1 Å². The van der Waals surface area contributed by atoms with E-state index in [1.54, 1.807) is 23.8 Å². The van der Waals surface area contributed by atoms with Crippen LogP contribution in [0.5, 0.6) is 0 Å². The van der Waals surface area contributed by atoms with E-state index in [0.717, 1.165) is 17.3 Å². The second-order valence-electron chi connectivity index (χ2n) is 3.54. The molecule has 15 heavy (non-hydrogen) atoms. The normalized spacial score (nSPS) is 10.3. The van der Waals surface area contributed by atoms with Gasteiger partial charge >= 0.3 is 0 Å². The first-order chi connectivity index (χ1) is 7.09. The van der Waals surface area contributed by atoms with Crippen LogP contribution in [-0.4, -0.2) is 10.4 Å². The summed E-state index contributed by atoms with van der Waals surface area (Å²) >= 11 is 3.31. The molecule has 1 aromatic heterocycles. The Morgan fingerprint density at radius 2 is 2.13 bits per heavy atom. The van der Waals surface area contributed by atoms with Gasteiger partial charge in [0.15, 0.2) is 0 Å². The van der Waals surface area contributed by atoms with Crippen molar-refractivity contribution < 1.29 is 4.79 Å². The first-order valence-electron chi connectivity index (χ1n) is 4.95. The summed E-state index contributed by atoms with van der Waals surface area (Å²) in [5.41, 5.74) is 0.000949. The van der Waals surface area contributed by atoms with Gasteiger partial charge in [0.1, 0.15) is 5.78 Å². The van der Waals surface area contributed by atoms with Gasteiger partial charge in [-0.2, -0.15) is 0 Å². The van der Waals surface area contributed by atoms with E-state index < -0.39 is 0 Å². The smallest absolute Gasteiger partial charge is 0.250 e. The molecule has 0 aliphatic rings. The Bertz CT molecular complexity index is 398. The molecule has 0 spiro atoms. The number of halogens is 1. The number of carbonyl (C=O) groups is 1. The molecule has 3 nitrogen and oxygen atoms in total. The van der Waals surface area contributed by atoms with Crippen molar-refractivity contribution in [1.29, 1.82) is 0 Å². The number of nitrogens with zero attached hydrogens (tertiary/aromatic N) is 1. The number of unbranched alkanes of at least 4 members (excludes halogenated alkanes) is 1. The van der Waals surface area contributed by atoms with Crippen molar-refractivity contribution in [2.45, 2.75) is 32.7 Å². The third-order valence-electron chi connectivity index (χ3n) is 2.13. The standard InChI is InChI=1S/C11H14BrNO2/c1-9(14)4-2-3-7-13-8-10(12)5-6-11(13)15/h5-6,8H,2-4,7H2,1H3. The molecular weight excluding hydrogens is 258 g/mol. The van der Waals surface area contributed by atoms with Crippen molar-refractivity contribution in [3.8, 4) is 0 Å². The van der Waals surface area contributed by atoms with Crippen molar-refractivity contribution in [3.63, 3.8) is 0 Å². The molecule has 82 valence electrons. The zero-order valence-electron chi connectivity index (χ0n) is 8.70.